The minimum Gasteiger partial charge on any atom is -0.473 e. The van der Waals surface area contributed by atoms with Gasteiger partial charge in [-0.1, -0.05) is 48.5 Å². The molecule has 4 heterocycles. The maximum absolute atomic E-state index is 12.6. The van der Waals surface area contributed by atoms with Crippen molar-refractivity contribution in [3.05, 3.63) is 82.9 Å². The number of nitrogens with one attached hydrogen (secondary N) is 2. The summed E-state index contributed by atoms with van der Waals surface area (Å²) >= 11 is 0.838. The molecule has 0 radical (unpaired) electrons. The number of aromatic nitrogens is 2. The fraction of sp³-hybridized carbons (Fsp3) is 0.222. The van der Waals surface area contributed by atoms with Crippen LogP contribution in [0.4, 0.5) is 21.2 Å². The molecule has 0 bridgehead atoms. The van der Waals surface area contributed by atoms with E-state index in [1.54, 1.807) is 17.0 Å². The number of rotatable bonds is 6. The highest BCUT2D eigenvalue weighted by atomic mass is 32.2. The summed E-state index contributed by atoms with van der Waals surface area (Å²) in [5, 5.41) is 4.77. The highest BCUT2D eigenvalue weighted by molar-refractivity contribution is 8.18. The standard InChI is InChI=1S/C27H24N6O4S/c34-23-21(38-26(36)31-23)11-20-12-22(37-13-18-7-3-1-4-8-18)30-24(28-20)32-14-27(15-32)16-33(17-27)25(35)29-19-9-5-2-6-10-19/h1-12H,13-17H2,(H,29,35)(H,31,34,36)/b21-11-. The van der Waals surface area contributed by atoms with E-state index in [0.29, 0.717) is 50.3 Å². The maximum Gasteiger partial charge on any atom is 0.321 e. The van der Waals surface area contributed by atoms with Crippen LogP contribution in [0.5, 0.6) is 5.88 Å². The van der Waals surface area contributed by atoms with E-state index < -0.39 is 11.1 Å². The lowest BCUT2D eigenvalue weighted by Gasteiger charge is -2.59. The molecule has 3 fully saturated rings. The minimum absolute atomic E-state index is 0.00449. The van der Waals surface area contributed by atoms with Crippen molar-refractivity contribution in [1.82, 2.24) is 20.2 Å². The Morgan fingerprint density at radius 2 is 1.74 bits per heavy atom. The molecule has 10 nitrogen and oxygen atoms in total. The molecule has 6 rings (SSSR count). The van der Waals surface area contributed by atoms with Crippen molar-refractivity contribution in [2.45, 2.75) is 6.61 Å². The van der Waals surface area contributed by atoms with Gasteiger partial charge < -0.3 is 19.9 Å². The van der Waals surface area contributed by atoms with Gasteiger partial charge in [0.05, 0.1) is 10.6 Å². The first-order valence-corrected chi connectivity index (χ1v) is 12.9. The van der Waals surface area contributed by atoms with Gasteiger partial charge in [0.15, 0.2) is 0 Å². The molecule has 0 unspecified atom stereocenters. The molecular weight excluding hydrogens is 504 g/mol. The van der Waals surface area contributed by atoms with Crippen molar-refractivity contribution in [3.63, 3.8) is 0 Å². The fourth-order valence-corrected chi connectivity index (χ4v) is 5.41. The molecule has 192 valence electrons. The van der Waals surface area contributed by atoms with Gasteiger partial charge in [0, 0.05) is 43.3 Å². The van der Waals surface area contributed by atoms with E-state index in [-0.39, 0.29) is 16.4 Å². The zero-order chi connectivity index (χ0) is 26.1. The lowest BCUT2D eigenvalue weighted by Crippen LogP contribution is -2.73. The Bertz CT molecular complexity index is 1420. The second kappa shape index (κ2) is 9.82. The summed E-state index contributed by atoms with van der Waals surface area (Å²) in [5.41, 5.74) is 2.25. The summed E-state index contributed by atoms with van der Waals surface area (Å²) < 4.78 is 5.96. The van der Waals surface area contributed by atoms with Crippen LogP contribution in [0.3, 0.4) is 0 Å². The van der Waals surface area contributed by atoms with Crippen LogP contribution in [0.15, 0.2) is 71.6 Å². The topological polar surface area (TPSA) is 117 Å². The number of carbonyl (C=O) groups excluding carboxylic acids is 3. The molecule has 2 aromatic carbocycles. The average Bonchev–Trinajstić information content (AvgIpc) is 3.18. The zero-order valence-corrected chi connectivity index (χ0v) is 21.1. The molecular formula is C27H24N6O4S. The molecule has 1 aromatic heterocycles. The van der Waals surface area contributed by atoms with Crippen molar-refractivity contribution in [1.29, 1.82) is 0 Å². The number of urea groups is 1. The molecule has 1 spiro atoms. The summed E-state index contributed by atoms with van der Waals surface area (Å²) in [6.07, 6.45) is 1.57. The van der Waals surface area contributed by atoms with Crippen LogP contribution < -0.4 is 20.3 Å². The number of ether oxygens (including phenoxy) is 1. The maximum atomic E-state index is 12.6. The summed E-state index contributed by atoms with van der Waals surface area (Å²) in [6.45, 7) is 3.04. The van der Waals surface area contributed by atoms with Crippen LogP contribution in [0.2, 0.25) is 0 Å². The van der Waals surface area contributed by atoms with Gasteiger partial charge in [-0.3, -0.25) is 14.9 Å². The van der Waals surface area contributed by atoms with Crippen molar-refractivity contribution in [2.75, 3.05) is 36.4 Å². The van der Waals surface area contributed by atoms with Crippen molar-refractivity contribution in [2.24, 2.45) is 5.41 Å². The van der Waals surface area contributed by atoms with E-state index in [4.69, 9.17) is 4.74 Å². The highest BCUT2D eigenvalue weighted by Crippen LogP contribution is 2.41. The number of anilines is 2. The van der Waals surface area contributed by atoms with E-state index in [2.05, 4.69) is 20.6 Å². The van der Waals surface area contributed by atoms with E-state index in [1.165, 1.54) is 0 Å². The van der Waals surface area contributed by atoms with Gasteiger partial charge in [0.2, 0.25) is 11.8 Å². The summed E-state index contributed by atoms with van der Waals surface area (Å²) in [7, 11) is 0. The number of hydrogen-bond donors (Lipinski definition) is 2. The third kappa shape index (κ3) is 5.05. The third-order valence-electron chi connectivity index (χ3n) is 6.56. The Morgan fingerprint density at radius 1 is 1.03 bits per heavy atom. The quantitative estimate of drug-likeness (QED) is 0.465. The Kier molecular flexibility index (Phi) is 6.20. The molecule has 3 saturated heterocycles. The number of carbonyl (C=O) groups is 3. The second-order valence-electron chi connectivity index (χ2n) is 9.57. The Hall–Kier alpha value is -4.38. The number of likely N-dealkylation sites (tertiary alicyclic amines) is 1. The zero-order valence-electron chi connectivity index (χ0n) is 20.3. The van der Waals surface area contributed by atoms with Crippen LogP contribution in [0.1, 0.15) is 11.3 Å². The second-order valence-corrected chi connectivity index (χ2v) is 10.6. The third-order valence-corrected chi connectivity index (χ3v) is 7.37. The van der Waals surface area contributed by atoms with Crippen LogP contribution in [0.25, 0.3) is 6.08 Å². The van der Waals surface area contributed by atoms with E-state index in [1.807, 2.05) is 65.6 Å². The van der Waals surface area contributed by atoms with Gasteiger partial charge in [-0.15, -0.1) is 0 Å². The van der Waals surface area contributed by atoms with Gasteiger partial charge in [-0.2, -0.15) is 4.98 Å². The van der Waals surface area contributed by atoms with Crippen LogP contribution >= 0.6 is 11.8 Å². The minimum atomic E-state index is -0.446. The molecule has 38 heavy (non-hydrogen) atoms. The number of nitrogens with zero attached hydrogens (tertiary/aromatic N) is 4. The molecule has 3 aromatic rings. The Balaban J connectivity index is 1.14. The lowest BCUT2D eigenvalue weighted by molar-refractivity contribution is -0.115. The molecule has 0 aliphatic carbocycles. The number of thioether (sulfide) groups is 1. The van der Waals surface area contributed by atoms with Gasteiger partial charge in [0.1, 0.15) is 6.61 Å². The van der Waals surface area contributed by atoms with Crippen LogP contribution in [-0.4, -0.2) is 58.2 Å². The smallest absolute Gasteiger partial charge is 0.321 e. The highest BCUT2D eigenvalue weighted by Gasteiger charge is 2.54. The first kappa shape index (κ1) is 24.0. The van der Waals surface area contributed by atoms with E-state index in [9.17, 15) is 14.4 Å². The van der Waals surface area contributed by atoms with E-state index >= 15 is 0 Å². The summed E-state index contributed by atoms with van der Waals surface area (Å²) in [5.74, 6) is 0.409. The normalized spacial score (nSPS) is 18.7. The van der Waals surface area contributed by atoms with Crippen molar-refractivity contribution in [3.8, 4) is 5.88 Å². The monoisotopic (exact) mass is 528 g/mol. The molecule has 3 aliphatic heterocycles. The summed E-state index contributed by atoms with van der Waals surface area (Å²) in [6, 6.07) is 20.7. The largest absolute Gasteiger partial charge is 0.473 e. The molecule has 4 amide bonds. The predicted octanol–water partition coefficient (Wildman–Crippen LogP) is 3.73. The van der Waals surface area contributed by atoms with Crippen molar-refractivity contribution >= 4 is 46.7 Å². The number of hydrogen-bond acceptors (Lipinski definition) is 8. The molecule has 0 saturated carbocycles. The van der Waals surface area contributed by atoms with E-state index in [0.717, 1.165) is 23.0 Å². The van der Waals surface area contributed by atoms with Crippen LogP contribution in [0, 0.1) is 5.41 Å². The Morgan fingerprint density at radius 3 is 2.42 bits per heavy atom. The van der Waals surface area contributed by atoms with Crippen molar-refractivity contribution < 1.29 is 19.1 Å². The first-order valence-electron chi connectivity index (χ1n) is 12.1. The van der Waals surface area contributed by atoms with Gasteiger partial charge in [0.25, 0.3) is 11.1 Å². The number of amides is 4. The first-order chi connectivity index (χ1) is 18.4. The molecule has 2 N–H and O–H groups in total. The molecule has 11 heteroatoms. The average molecular weight is 529 g/mol. The van der Waals surface area contributed by atoms with Gasteiger partial charge in [-0.25, -0.2) is 9.78 Å². The van der Waals surface area contributed by atoms with Gasteiger partial charge in [-0.05, 0) is 35.5 Å². The number of benzene rings is 2. The lowest BCUT2D eigenvalue weighted by atomic mass is 9.73. The summed E-state index contributed by atoms with van der Waals surface area (Å²) in [4.78, 5) is 49.6. The molecule has 0 atom stereocenters. The number of para-hydroxylation sites is 1. The number of imide groups is 1. The van der Waals surface area contributed by atoms with Crippen LogP contribution in [-0.2, 0) is 11.4 Å². The SMILES string of the molecule is O=C1NC(=O)/C(=C/c2cc(OCc3ccccc3)nc(N3CC4(CN(C(=O)Nc5ccccc5)C4)C3)n2)S1. The molecule has 3 aliphatic rings. The Labute approximate surface area is 223 Å². The predicted molar refractivity (Wildman–Crippen MR) is 144 cm³/mol. The van der Waals surface area contributed by atoms with Gasteiger partial charge >= 0.3 is 6.03 Å². The fourth-order valence-electron chi connectivity index (χ4n) is 4.74.